The van der Waals surface area contributed by atoms with Crippen LogP contribution < -0.4 is 0 Å². The van der Waals surface area contributed by atoms with Gasteiger partial charge in [-0.3, -0.25) is 14.5 Å². The van der Waals surface area contributed by atoms with E-state index >= 15 is 0 Å². The number of likely N-dealkylation sites (tertiary alicyclic amines) is 1. The van der Waals surface area contributed by atoms with E-state index in [4.69, 9.17) is 4.74 Å². The molecule has 3 unspecified atom stereocenters. The minimum Gasteiger partial charge on any atom is -0.356 e. The van der Waals surface area contributed by atoms with Gasteiger partial charge in [0.1, 0.15) is 0 Å². The summed E-state index contributed by atoms with van der Waals surface area (Å²) >= 11 is 0. The average molecular weight is 415 g/mol. The van der Waals surface area contributed by atoms with Crippen molar-refractivity contribution in [1.82, 2.24) is 14.7 Å². The number of fused-ring (bicyclic) bond motifs is 2. The van der Waals surface area contributed by atoms with Crippen LogP contribution in [0.4, 0.5) is 0 Å². The number of rotatable bonds is 4. The first-order valence-corrected chi connectivity index (χ1v) is 11.1. The summed E-state index contributed by atoms with van der Waals surface area (Å²) in [6.07, 6.45) is 5.04. The van der Waals surface area contributed by atoms with Crippen molar-refractivity contribution in [1.29, 1.82) is 0 Å². The van der Waals surface area contributed by atoms with E-state index in [2.05, 4.69) is 24.2 Å². The molecule has 1 saturated carbocycles. The van der Waals surface area contributed by atoms with E-state index in [1.54, 1.807) is 0 Å². The molecule has 3 fully saturated rings. The lowest BCUT2D eigenvalue weighted by Crippen LogP contribution is -2.33. The maximum Gasteiger partial charge on any atom is 0.234 e. The summed E-state index contributed by atoms with van der Waals surface area (Å²) in [5.74, 6) is -0.545. The van der Waals surface area contributed by atoms with Gasteiger partial charge < -0.3 is 4.74 Å². The summed E-state index contributed by atoms with van der Waals surface area (Å²) in [5.41, 5.74) is 4.22. The van der Waals surface area contributed by atoms with Gasteiger partial charge in [-0.15, -0.1) is 0 Å². The number of ether oxygens (including phenoxy) is 1. The van der Waals surface area contributed by atoms with Gasteiger partial charge in [0.15, 0.2) is 6.23 Å². The van der Waals surface area contributed by atoms with Crippen molar-refractivity contribution in [2.45, 2.75) is 44.9 Å². The molecule has 3 heterocycles. The lowest BCUT2D eigenvalue weighted by Gasteiger charge is -2.24. The van der Waals surface area contributed by atoms with Crippen LogP contribution in [0.3, 0.4) is 0 Å². The number of imide groups is 1. The predicted molar refractivity (Wildman–Crippen MR) is 115 cm³/mol. The minimum atomic E-state index is -0.227. The second-order valence-electron chi connectivity index (χ2n) is 9.00. The average Bonchev–Trinajstić information content (AvgIpc) is 3.32. The molecule has 0 spiro atoms. The smallest absolute Gasteiger partial charge is 0.234 e. The molecule has 2 saturated heterocycles. The van der Waals surface area contributed by atoms with Gasteiger partial charge >= 0.3 is 0 Å². The Morgan fingerprint density at radius 1 is 1.03 bits per heavy atom. The fourth-order valence-corrected chi connectivity index (χ4v) is 5.43. The summed E-state index contributed by atoms with van der Waals surface area (Å²) in [5, 5.41) is 5.67. The van der Waals surface area contributed by atoms with Crippen molar-refractivity contribution in [3.63, 3.8) is 0 Å². The third-order valence-electron chi connectivity index (χ3n) is 7.08. The second-order valence-corrected chi connectivity index (χ2v) is 9.00. The zero-order valence-electron chi connectivity index (χ0n) is 17.5. The number of hydrogen-bond acceptors (Lipinski definition) is 4. The van der Waals surface area contributed by atoms with Gasteiger partial charge in [0.25, 0.3) is 0 Å². The van der Waals surface area contributed by atoms with E-state index in [-0.39, 0.29) is 35.8 Å². The molecular weight excluding hydrogens is 390 g/mol. The molecule has 1 aromatic heterocycles. The molecule has 0 N–H and O–H groups in total. The fraction of sp³-hybridized carbons (Fsp3) is 0.400. The lowest BCUT2D eigenvalue weighted by molar-refractivity contribution is -0.142. The number of benzene rings is 2. The monoisotopic (exact) mass is 415 g/mol. The van der Waals surface area contributed by atoms with Gasteiger partial charge in [-0.2, -0.15) is 5.10 Å². The summed E-state index contributed by atoms with van der Waals surface area (Å²) < 4.78 is 7.91. The SMILES string of the molecule is Cc1cc2cnn(C3CCCCO3)c2cc1C1C2C(=O)N(Cc3ccccc3)C(=O)C21. The predicted octanol–water partition coefficient (Wildman–Crippen LogP) is 3.94. The third-order valence-corrected chi connectivity index (χ3v) is 7.08. The Morgan fingerprint density at radius 2 is 1.81 bits per heavy atom. The highest BCUT2D eigenvalue weighted by atomic mass is 16.5. The number of carbonyl (C=O) groups is 2. The van der Waals surface area contributed by atoms with Crippen LogP contribution in [0.25, 0.3) is 10.9 Å². The summed E-state index contributed by atoms with van der Waals surface area (Å²) in [7, 11) is 0. The lowest BCUT2D eigenvalue weighted by atomic mass is 9.99. The molecule has 158 valence electrons. The van der Waals surface area contributed by atoms with E-state index in [1.807, 2.05) is 41.2 Å². The molecule has 2 aromatic carbocycles. The van der Waals surface area contributed by atoms with Gasteiger partial charge in [0, 0.05) is 17.9 Å². The van der Waals surface area contributed by atoms with Crippen LogP contribution in [0.1, 0.15) is 48.1 Å². The van der Waals surface area contributed by atoms with Gasteiger partial charge in [-0.05, 0) is 55.0 Å². The molecule has 2 amide bonds. The van der Waals surface area contributed by atoms with E-state index in [9.17, 15) is 9.59 Å². The highest BCUT2D eigenvalue weighted by molar-refractivity contribution is 6.10. The maximum absolute atomic E-state index is 13.1. The number of amides is 2. The van der Waals surface area contributed by atoms with Gasteiger partial charge in [-0.25, -0.2) is 4.68 Å². The highest BCUT2D eigenvalue weighted by Gasteiger charge is 2.67. The second kappa shape index (κ2) is 7.02. The molecule has 0 bridgehead atoms. The van der Waals surface area contributed by atoms with Gasteiger partial charge in [0.2, 0.25) is 11.8 Å². The largest absolute Gasteiger partial charge is 0.356 e. The van der Waals surface area contributed by atoms with Crippen LogP contribution in [0.5, 0.6) is 0 Å². The van der Waals surface area contributed by atoms with E-state index in [0.29, 0.717) is 6.54 Å². The molecule has 3 aliphatic rings. The number of hydrogen-bond donors (Lipinski definition) is 0. The van der Waals surface area contributed by atoms with Crippen LogP contribution >= 0.6 is 0 Å². The van der Waals surface area contributed by atoms with Crippen LogP contribution in [-0.4, -0.2) is 33.1 Å². The topological polar surface area (TPSA) is 64.4 Å². The van der Waals surface area contributed by atoms with Crippen LogP contribution in [0.15, 0.2) is 48.7 Å². The summed E-state index contributed by atoms with van der Waals surface area (Å²) in [4.78, 5) is 27.5. The first-order chi connectivity index (χ1) is 15.1. The first-order valence-electron chi connectivity index (χ1n) is 11.1. The molecule has 6 rings (SSSR count). The zero-order chi connectivity index (χ0) is 21.1. The van der Waals surface area contributed by atoms with Crippen molar-refractivity contribution in [2.24, 2.45) is 11.8 Å². The van der Waals surface area contributed by atoms with E-state index in [1.165, 1.54) is 4.90 Å². The Bertz CT molecular complexity index is 1160. The number of piperidine rings is 1. The van der Waals surface area contributed by atoms with Crippen LogP contribution in [0, 0.1) is 18.8 Å². The Kier molecular flexibility index (Phi) is 4.25. The molecule has 0 radical (unpaired) electrons. The van der Waals surface area contributed by atoms with Gasteiger partial charge in [-0.1, -0.05) is 30.3 Å². The first kappa shape index (κ1) is 18.8. The van der Waals surface area contributed by atoms with Crippen molar-refractivity contribution in [2.75, 3.05) is 6.61 Å². The molecule has 6 nitrogen and oxygen atoms in total. The van der Waals surface area contributed by atoms with Crippen LogP contribution in [0.2, 0.25) is 0 Å². The summed E-state index contributed by atoms with van der Waals surface area (Å²) in [6.45, 7) is 3.19. The highest BCUT2D eigenvalue weighted by Crippen LogP contribution is 2.60. The van der Waals surface area contributed by atoms with Crippen molar-refractivity contribution in [3.8, 4) is 0 Å². The van der Waals surface area contributed by atoms with Crippen molar-refractivity contribution < 1.29 is 14.3 Å². The van der Waals surface area contributed by atoms with E-state index < -0.39 is 0 Å². The standard InChI is InChI=1S/C25H25N3O3/c1-15-11-17-13-26-28(20-9-5-6-10-31-20)19(17)12-18(15)21-22-23(21)25(30)27(24(22)29)14-16-7-3-2-4-8-16/h2-4,7-8,11-13,20-23H,5-6,9-10,14H2,1H3. The number of nitrogens with zero attached hydrogens (tertiary/aromatic N) is 3. The van der Waals surface area contributed by atoms with Crippen molar-refractivity contribution in [3.05, 3.63) is 65.4 Å². The molecule has 2 aliphatic heterocycles. The molecule has 3 atom stereocenters. The fourth-order valence-electron chi connectivity index (χ4n) is 5.43. The molecule has 6 heteroatoms. The van der Waals surface area contributed by atoms with E-state index in [0.717, 1.165) is 53.5 Å². The van der Waals surface area contributed by atoms with Gasteiger partial charge in [0.05, 0.1) is 30.1 Å². The molecule has 1 aliphatic carbocycles. The molecule has 3 aromatic rings. The number of aryl methyl sites for hydroxylation is 1. The van der Waals surface area contributed by atoms with Crippen molar-refractivity contribution >= 4 is 22.7 Å². The van der Waals surface area contributed by atoms with Crippen LogP contribution in [-0.2, 0) is 20.9 Å². The Labute approximate surface area is 180 Å². The maximum atomic E-state index is 13.1. The minimum absolute atomic E-state index is 0.0213. The third kappa shape index (κ3) is 2.92. The quantitative estimate of drug-likeness (QED) is 0.606. The number of carbonyl (C=O) groups excluding carboxylic acids is 2. The molecular formula is C25H25N3O3. The normalized spacial score (nSPS) is 27.7. The Balaban J connectivity index is 1.29. The Hall–Kier alpha value is -2.99. The summed E-state index contributed by atoms with van der Waals surface area (Å²) in [6, 6.07) is 14.0. The Morgan fingerprint density at radius 3 is 2.52 bits per heavy atom. The molecule has 31 heavy (non-hydrogen) atoms. The zero-order valence-corrected chi connectivity index (χ0v) is 17.5. The number of aromatic nitrogens is 2.